The van der Waals surface area contributed by atoms with Crippen LogP contribution >= 0.6 is 39.7 Å². The van der Waals surface area contributed by atoms with E-state index in [2.05, 4.69) is 20.7 Å². The van der Waals surface area contributed by atoms with Crippen LogP contribution in [0.15, 0.2) is 71.2 Å². The molecule has 7 nitrogen and oxygen atoms in total. The molecule has 1 aliphatic heterocycles. The molecule has 1 fully saturated rings. The zero-order chi connectivity index (χ0) is 26.3. The highest BCUT2D eigenvalue weighted by molar-refractivity contribution is 9.10. The average Bonchev–Trinajstić information content (AvgIpc) is 3.42. The first-order chi connectivity index (χ1) is 17.6. The van der Waals surface area contributed by atoms with Crippen LogP contribution in [0.3, 0.4) is 0 Å². The SMILES string of the molecule is NC(=O)c1cc(Br)c2c(c1)n(-c1ccc(OC(F)(F)Cl)cc1)c(=S)n2C[C@H]1CO[C@H](c2ccccc2)O1. The molecule has 0 saturated carbocycles. The molecule has 3 aromatic carbocycles. The van der Waals surface area contributed by atoms with Crippen molar-refractivity contribution in [3.63, 3.8) is 0 Å². The second kappa shape index (κ2) is 10.1. The van der Waals surface area contributed by atoms with Crippen LogP contribution in [-0.4, -0.2) is 33.3 Å². The van der Waals surface area contributed by atoms with Gasteiger partial charge in [0.25, 0.3) is 0 Å². The van der Waals surface area contributed by atoms with Gasteiger partial charge in [-0.15, -0.1) is 8.78 Å². The zero-order valence-electron chi connectivity index (χ0n) is 18.9. The lowest BCUT2D eigenvalue weighted by molar-refractivity contribution is -0.0964. The quantitative estimate of drug-likeness (QED) is 0.196. The molecule has 0 radical (unpaired) electrons. The molecule has 2 atom stereocenters. The molecule has 1 aliphatic rings. The molecule has 2 N–H and O–H groups in total. The number of nitrogens with two attached hydrogens (primary N) is 1. The highest BCUT2D eigenvalue weighted by Crippen LogP contribution is 2.34. The van der Waals surface area contributed by atoms with Crippen molar-refractivity contribution < 1.29 is 27.8 Å². The molecule has 1 amide bonds. The predicted octanol–water partition coefficient (Wildman–Crippen LogP) is 6.30. The third-order valence-corrected chi connectivity index (χ3v) is 6.88. The van der Waals surface area contributed by atoms with E-state index >= 15 is 0 Å². The Morgan fingerprint density at radius 3 is 2.54 bits per heavy atom. The Hall–Kier alpha value is -2.83. The topological polar surface area (TPSA) is 80.6 Å². The third kappa shape index (κ3) is 5.41. The third-order valence-electron chi connectivity index (χ3n) is 5.80. The number of carbonyl (C=O) groups is 1. The number of rotatable bonds is 7. The van der Waals surface area contributed by atoms with Gasteiger partial charge in [-0.25, -0.2) is 0 Å². The van der Waals surface area contributed by atoms with Crippen molar-refractivity contribution in [2.75, 3.05) is 6.61 Å². The van der Waals surface area contributed by atoms with E-state index in [1.165, 1.54) is 12.1 Å². The van der Waals surface area contributed by atoms with Crippen LogP contribution in [0.2, 0.25) is 0 Å². The van der Waals surface area contributed by atoms with Crippen LogP contribution in [0.1, 0.15) is 22.2 Å². The van der Waals surface area contributed by atoms with Crippen molar-refractivity contribution in [2.24, 2.45) is 5.73 Å². The smallest absolute Gasteiger partial charge is 0.420 e. The van der Waals surface area contributed by atoms with Gasteiger partial charge in [0.2, 0.25) is 5.91 Å². The largest absolute Gasteiger partial charge is 0.487 e. The lowest BCUT2D eigenvalue weighted by atomic mass is 10.2. The first-order valence-corrected chi connectivity index (χ1v) is 12.6. The maximum atomic E-state index is 13.0. The minimum absolute atomic E-state index is 0.124. The molecule has 37 heavy (non-hydrogen) atoms. The van der Waals surface area contributed by atoms with Gasteiger partial charge < -0.3 is 24.5 Å². The van der Waals surface area contributed by atoms with Crippen LogP contribution in [0.25, 0.3) is 16.7 Å². The van der Waals surface area contributed by atoms with Crippen LogP contribution in [-0.2, 0) is 16.0 Å². The molecule has 0 unspecified atom stereocenters. The Bertz CT molecular complexity index is 1520. The van der Waals surface area contributed by atoms with E-state index < -0.39 is 17.8 Å². The molecule has 5 rings (SSSR count). The molecular weight excluding hydrogens is 592 g/mol. The number of hydrogen-bond acceptors (Lipinski definition) is 5. The summed E-state index contributed by atoms with van der Waals surface area (Å²) in [5.74, 6) is -0.736. The number of amides is 1. The number of imidazole rings is 1. The number of alkyl halides is 3. The number of aromatic nitrogens is 2. The second-order valence-electron chi connectivity index (χ2n) is 8.29. The maximum Gasteiger partial charge on any atom is 0.487 e. The van der Waals surface area contributed by atoms with Gasteiger partial charge in [0.05, 0.1) is 24.2 Å². The molecule has 192 valence electrons. The van der Waals surface area contributed by atoms with Crippen molar-refractivity contribution >= 4 is 56.7 Å². The van der Waals surface area contributed by atoms with Crippen LogP contribution in [0.5, 0.6) is 5.75 Å². The summed E-state index contributed by atoms with van der Waals surface area (Å²) in [7, 11) is 0. The minimum atomic E-state index is -3.84. The first-order valence-electron chi connectivity index (χ1n) is 11.0. The number of primary amides is 1. The summed E-state index contributed by atoms with van der Waals surface area (Å²) in [5.41, 5.74) is 4.74. The molecule has 0 bridgehead atoms. The average molecular weight is 611 g/mol. The Morgan fingerprint density at radius 2 is 1.89 bits per heavy atom. The number of carbonyl (C=O) groups excluding carboxylic acids is 1. The zero-order valence-corrected chi connectivity index (χ0v) is 22.1. The molecule has 1 saturated heterocycles. The Balaban J connectivity index is 1.55. The van der Waals surface area contributed by atoms with Crippen molar-refractivity contribution in [1.29, 1.82) is 0 Å². The lowest BCUT2D eigenvalue weighted by Gasteiger charge is -2.13. The number of halogens is 4. The highest BCUT2D eigenvalue weighted by atomic mass is 79.9. The van der Waals surface area contributed by atoms with Crippen molar-refractivity contribution in [3.05, 3.63) is 87.1 Å². The van der Waals surface area contributed by atoms with Gasteiger partial charge in [-0.1, -0.05) is 30.3 Å². The monoisotopic (exact) mass is 609 g/mol. The van der Waals surface area contributed by atoms with Crippen molar-refractivity contribution in [3.8, 4) is 11.4 Å². The number of fused-ring (bicyclic) bond motifs is 1. The number of nitrogens with zero attached hydrogens (tertiary/aromatic N) is 2. The molecule has 1 aromatic heterocycles. The molecule has 4 aromatic rings. The van der Waals surface area contributed by atoms with Crippen LogP contribution in [0.4, 0.5) is 8.78 Å². The fraction of sp³-hybridized carbons (Fsp3) is 0.200. The number of hydrogen-bond donors (Lipinski definition) is 1. The fourth-order valence-corrected chi connectivity index (χ4v) is 5.35. The van der Waals surface area contributed by atoms with Crippen LogP contribution < -0.4 is 10.5 Å². The minimum Gasteiger partial charge on any atom is -0.420 e. The van der Waals surface area contributed by atoms with Gasteiger partial charge in [0.1, 0.15) is 11.9 Å². The lowest BCUT2D eigenvalue weighted by Crippen LogP contribution is -2.19. The molecule has 0 aliphatic carbocycles. The first kappa shape index (κ1) is 25.8. The molecule has 12 heteroatoms. The molecular formula is C25H19BrClF2N3O4S. The van der Waals surface area contributed by atoms with Crippen molar-refractivity contribution in [1.82, 2.24) is 9.13 Å². The summed E-state index contributed by atoms with van der Waals surface area (Å²) < 4.78 is 47.1. The summed E-state index contributed by atoms with van der Waals surface area (Å²) in [6.45, 7) is 0.712. The van der Waals surface area contributed by atoms with Gasteiger partial charge in [-0.05, 0) is 64.5 Å². The summed E-state index contributed by atoms with van der Waals surface area (Å²) in [5, 5.41) is 0. The van der Waals surface area contributed by atoms with Crippen LogP contribution in [0, 0.1) is 4.77 Å². The summed E-state index contributed by atoms with van der Waals surface area (Å²) >= 11 is 14.3. The Labute approximate surface area is 228 Å². The van der Waals surface area contributed by atoms with E-state index in [1.54, 1.807) is 28.8 Å². The highest BCUT2D eigenvalue weighted by Gasteiger charge is 2.30. The summed E-state index contributed by atoms with van der Waals surface area (Å²) in [6.07, 6.45) is -0.799. The van der Waals surface area contributed by atoms with E-state index in [9.17, 15) is 13.6 Å². The molecule has 2 heterocycles. The second-order valence-corrected chi connectivity index (χ2v) is 9.95. The Morgan fingerprint density at radius 1 is 1.19 bits per heavy atom. The predicted molar refractivity (Wildman–Crippen MR) is 140 cm³/mol. The van der Waals surface area contributed by atoms with Gasteiger partial charge in [0, 0.05) is 32.9 Å². The van der Waals surface area contributed by atoms with Gasteiger partial charge in [-0.3, -0.25) is 9.36 Å². The van der Waals surface area contributed by atoms with Gasteiger partial charge >= 0.3 is 5.57 Å². The van der Waals surface area contributed by atoms with Gasteiger partial charge in [0.15, 0.2) is 11.1 Å². The van der Waals surface area contributed by atoms with E-state index in [-0.39, 0.29) is 17.4 Å². The number of benzene rings is 3. The Kier molecular flexibility index (Phi) is 7.08. The standard InChI is InChI=1S/C25H19BrClF2N3O4S/c26-19-10-15(22(30)33)11-20-21(19)31(12-18-13-34-23(35-18)14-4-2-1-3-5-14)24(37)32(20)16-6-8-17(9-7-16)36-25(27,28)29/h1-11,18,23H,12-13H2,(H2,30,33)/t18-,23-/m0/s1. The van der Waals surface area contributed by atoms with E-state index in [4.69, 9.17) is 39.0 Å². The summed E-state index contributed by atoms with van der Waals surface area (Å²) in [6, 6.07) is 18.7. The molecule has 0 spiro atoms. The normalized spacial score (nSPS) is 17.8. The van der Waals surface area contributed by atoms with Gasteiger partial charge in [-0.2, -0.15) is 0 Å². The summed E-state index contributed by atoms with van der Waals surface area (Å²) in [4.78, 5) is 12.0. The van der Waals surface area contributed by atoms with E-state index in [0.29, 0.717) is 39.1 Å². The number of ether oxygens (including phenoxy) is 3. The van der Waals surface area contributed by atoms with Crippen molar-refractivity contribution in [2.45, 2.75) is 24.5 Å². The van der Waals surface area contributed by atoms with E-state index in [0.717, 1.165) is 5.56 Å². The fourth-order valence-electron chi connectivity index (χ4n) is 4.23. The van der Waals surface area contributed by atoms with E-state index in [1.807, 2.05) is 34.9 Å². The maximum absolute atomic E-state index is 13.0.